The van der Waals surface area contributed by atoms with Crippen molar-refractivity contribution in [3.63, 3.8) is 0 Å². The summed E-state index contributed by atoms with van der Waals surface area (Å²) in [4.78, 5) is 25.9. The molecule has 1 aliphatic carbocycles. The van der Waals surface area contributed by atoms with Crippen molar-refractivity contribution in [1.82, 2.24) is 9.80 Å². The summed E-state index contributed by atoms with van der Waals surface area (Å²) in [5.74, 6) is -1.46. The molecule has 1 saturated carbocycles. The van der Waals surface area contributed by atoms with Crippen LogP contribution in [0.25, 0.3) is 0 Å². The predicted octanol–water partition coefficient (Wildman–Crippen LogP) is 3.06. The SMILES string of the molecule is C=CCN1C(=O)CCCC12CCCN(CC1CC1)C2.O=C(O)C(F)(F)F. The number of carbonyl (C=O) groups excluding carboxylic acids is 1. The third-order valence-electron chi connectivity index (χ3n) is 5.31. The summed E-state index contributed by atoms with van der Waals surface area (Å²) in [5, 5.41) is 7.12. The molecule has 2 saturated heterocycles. The van der Waals surface area contributed by atoms with Crippen LogP contribution in [0.4, 0.5) is 13.2 Å². The fraction of sp³-hybridized carbons (Fsp3) is 0.778. The third kappa shape index (κ3) is 5.46. The van der Waals surface area contributed by atoms with E-state index in [-0.39, 0.29) is 5.54 Å². The standard InChI is InChI=1S/C16H26N2O.C2HF3O2/c1-2-10-18-15(19)5-3-8-16(18)9-4-11-17(13-16)12-14-6-7-14;3-2(4,5)1(6)7/h2,14H,1,3-13H2;(H,6,7). The molecular formula is C18H27F3N2O3. The average molecular weight is 376 g/mol. The van der Waals surface area contributed by atoms with Gasteiger partial charge in [-0.15, -0.1) is 6.58 Å². The quantitative estimate of drug-likeness (QED) is 0.766. The number of rotatable bonds is 4. The zero-order valence-corrected chi connectivity index (χ0v) is 14.9. The molecule has 0 aromatic carbocycles. The van der Waals surface area contributed by atoms with Gasteiger partial charge in [0.1, 0.15) is 0 Å². The van der Waals surface area contributed by atoms with Gasteiger partial charge < -0.3 is 14.9 Å². The number of amides is 1. The summed E-state index contributed by atoms with van der Waals surface area (Å²) in [5.41, 5.74) is 0.122. The lowest BCUT2D eigenvalue weighted by atomic mass is 9.79. The number of hydrogen-bond acceptors (Lipinski definition) is 3. The Balaban J connectivity index is 0.000000298. The van der Waals surface area contributed by atoms with Crippen LogP contribution in [0.2, 0.25) is 0 Å². The lowest BCUT2D eigenvalue weighted by molar-refractivity contribution is -0.192. The molecule has 0 radical (unpaired) electrons. The van der Waals surface area contributed by atoms with Crippen LogP contribution in [0.3, 0.4) is 0 Å². The van der Waals surface area contributed by atoms with Crippen molar-refractivity contribution < 1.29 is 27.9 Å². The molecule has 1 unspecified atom stereocenters. The van der Waals surface area contributed by atoms with E-state index < -0.39 is 12.1 Å². The van der Waals surface area contributed by atoms with E-state index in [1.807, 2.05) is 6.08 Å². The van der Waals surface area contributed by atoms with E-state index >= 15 is 0 Å². The van der Waals surface area contributed by atoms with Crippen LogP contribution in [-0.2, 0) is 9.59 Å². The highest BCUT2D eigenvalue weighted by molar-refractivity contribution is 5.78. The molecule has 1 N–H and O–H groups in total. The van der Waals surface area contributed by atoms with E-state index in [1.165, 1.54) is 45.2 Å². The Morgan fingerprint density at radius 2 is 1.92 bits per heavy atom. The number of aliphatic carboxylic acids is 1. The van der Waals surface area contributed by atoms with Crippen LogP contribution in [0, 0.1) is 5.92 Å². The molecule has 0 bridgehead atoms. The molecule has 1 spiro atoms. The largest absolute Gasteiger partial charge is 0.490 e. The average Bonchev–Trinajstić information content (AvgIpc) is 3.35. The van der Waals surface area contributed by atoms with Gasteiger partial charge in [0.25, 0.3) is 0 Å². The molecular weight excluding hydrogens is 349 g/mol. The molecule has 3 rings (SSSR count). The lowest BCUT2D eigenvalue weighted by Gasteiger charge is -2.52. The zero-order valence-electron chi connectivity index (χ0n) is 14.9. The molecule has 8 heteroatoms. The Hall–Kier alpha value is -1.57. The molecule has 3 aliphatic rings. The fourth-order valence-electron chi connectivity index (χ4n) is 3.98. The second kappa shape index (κ2) is 8.41. The van der Waals surface area contributed by atoms with Crippen LogP contribution in [-0.4, -0.2) is 64.7 Å². The summed E-state index contributed by atoms with van der Waals surface area (Å²) in [6, 6.07) is 0. The molecule has 148 valence electrons. The second-order valence-corrected chi connectivity index (χ2v) is 7.46. The summed E-state index contributed by atoms with van der Waals surface area (Å²) in [6.07, 6.45) is 5.07. The highest BCUT2D eigenvalue weighted by atomic mass is 19.4. The number of hydrogen-bond donors (Lipinski definition) is 1. The highest BCUT2D eigenvalue weighted by Gasteiger charge is 2.45. The van der Waals surface area contributed by atoms with Crippen LogP contribution in [0.1, 0.15) is 44.9 Å². The number of carboxylic acid groups (broad SMARTS) is 1. The normalized spacial score (nSPS) is 27.0. The van der Waals surface area contributed by atoms with Crippen LogP contribution in [0.5, 0.6) is 0 Å². The van der Waals surface area contributed by atoms with E-state index in [0.717, 1.165) is 31.8 Å². The van der Waals surface area contributed by atoms with Gasteiger partial charge in [-0.3, -0.25) is 4.79 Å². The van der Waals surface area contributed by atoms with Gasteiger partial charge >= 0.3 is 12.1 Å². The fourth-order valence-corrected chi connectivity index (χ4v) is 3.98. The second-order valence-electron chi connectivity index (χ2n) is 7.46. The zero-order chi connectivity index (χ0) is 19.4. The van der Waals surface area contributed by atoms with E-state index in [2.05, 4.69) is 16.4 Å². The third-order valence-corrected chi connectivity index (χ3v) is 5.31. The first-order valence-corrected chi connectivity index (χ1v) is 9.12. The van der Waals surface area contributed by atoms with E-state index in [0.29, 0.717) is 5.91 Å². The van der Waals surface area contributed by atoms with Gasteiger partial charge in [0, 0.05) is 26.1 Å². The smallest absolute Gasteiger partial charge is 0.475 e. The van der Waals surface area contributed by atoms with Crippen molar-refractivity contribution in [2.24, 2.45) is 5.92 Å². The number of nitrogens with zero attached hydrogens (tertiary/aromatic N) is 2. The number of carboxylic acids is 1. The Morgan fingerprint density at radius 1 is 1.31 bits per heavy atom. The first-order valence-electron chi connectivity index (χ1n) is 9.12. The van der Waals surface area contributed by atoms with Gasteiger partial charge in [0.15, 0.2) is 0 Å². The molecule has 1 atom stereocenters. The van der Waals surface area contributed by atoms with Crippen molar-refractivity contribution >= 4 is 11.9 Å². The van der Waals surface area contributed by atoms with Gasteiger partial charge in [-0.2, -0.15) is 13.2 Å². The Kier molecular flexibility index (Phi) is 6.71. The van der Waals surface area contributed by atoms with Crippen molar-refractivity contribution in [1.29, 1.82) is 0 Å². The molecule has 0 aromatic heterocycles. The van der Waals surface area contributed by atoms with Crippen LogP contribution >= 0.6 is 0 Å². The van der Waals surface area contributed by atoms with Crippen molar-refractivity contribution in [3.8, 4) is 0 Å². The molecule has 26 heavy (non-hydrogen) atoms. The molecule has 0 aromatic rings. The number of alkyl halides is 3. The minimum absolute atomic E-state index is 0.122. The minimum Gasteiger partial charge on any atom is -0.475 e. The van der Waals surface area contributed by atoms with E-state index in [9.17, 15) is 18.0 Å². The topological polar surface area (TPSA) is 60.9 Å². The summed E-state index contributed by atoms with van der Waals surface area (Å²) in [6.45, 7) is 8.16. The maximum Gasteiger partial charge on any atom is 0.490 e. The van der Waals surface area contributed by atoms with Gasteiger partial charge in [-0.25, -0.2) is 4.79 Å². The molecule has 2 heterocycles. The van der Waals surface area contributed by atoms with Crippen LogP contribution < -0.4 is 0 Å². The maximum atomic E-state index is 12.3. The number of halogens is 3. The van der Waals surface area contributed by atoms with E-state index in [4.69, 9.17) is 9.90 Å². The summed E-state index contributed by atoms with van der Waals surface area (Å²) >= 11 is 0. The maximum absolute atomic E-state index is 12.3. The number of carbonyl (C=O) groups is 2. The number of likely N-dealkylation sites (tertiary alicyclic amines) is 2. The first-order chi connectivity index (χ1) is 12.2. The van der Waals surface area contributed by atoms with Crippen molar-refractivity contribution in [3.05, 3.63) is 12.7 Å². The summed E-state index contributed by atoms with van der Waals surface area (Å²) < 4.78 is 31.7. The molecule has 3 fully saturated rings. The summed E-state index contributed by atoms with van der Waals surface area (Å²) in [7, 11) is 0. The number of piperidine rings is 2. The van der Waals surface area contributed by atoms with Gasteiger partial charge in [0.05, 0.1) is 5.54 Å². The molecule has 5 nitrogen and oxygen atoms in total. The van der Waals surface area contributed by atoms with E-state index in [1.54, 1.807) is 0 Å². The molecule has 2 aliphatic heterocycles. The lowest BCUT2D eigenvalue weighted by Crippen LogP contribution is -2.62. The monoisotopic (exact) mass is 376 g/mol. The minimum atomic E-state index is -5.08. The Labute approximate surface area is 151 Å². The first kappa shape index (κ1) is 20.7. The molecule has 1 amide bonds. The van der Waals surface area contributed by atoms with Crippen molar-refractivity contribution in [2.45, 2.75) is 56.7 Å². The highest BCUT2D eigenvalue weighted by Crippen LogP contribution is 2.38. The Morgan fingerprint density at radius 3 is 2.46 bits per heavy atom. The Bertz CT molecular complexity index is 530. The van der Waals surface area contributed by atoms with Crippen LogP contribution in [0.15, 0.2) is 12.7 Å². The van der Waals surface area contributed by atoms with Gasteiger partial charge in [-0.1, -0.05) is 6.08 Å². The van der Waals surface area contributed by atoms with Gasteiger partial charge in [0.2, 0.25) is 5.91 Å². The van der Waals surface area contributed by atoms with Crippen molar-refractivity contribution in [2.75, 3.05) is 26.2 Å². The predicted molar refractivity (Wildman–Crippen MR) is 90.6 cm³/mol. The van der Waals surface area contributed by atoms with Gasteiger partial charge in [-0.05, 0) is 51.0 Å².